The minimum Gasteiger partial charge on any atom is -0.377 e. The largest absolute Gasteiger partial charge is 0.377 e. The molecule has 0 bridgehead atoms. The lowest BCUT2D eigenvalue weighted by Gasteiger charge is -2.33. The average Bonchev–Trinajstić information content (AvgIpc) is 2.61. The maximum atomic E-state index is 5.54. The molecule has 16 heavy (non-hydrogen) atoms. The summed E-state index contributed by atoms with van der Waals surface area (Å²) >= 11 is 3.54. The first-order chi connectivity index (χ1) is 7.47. The predicted octanol–water partition coefficient (Wildman–Crippen LogP) is 2.35. The van der Waals surface area contributed by atoms with E-state index in [1.54, 1.807) is 7.11 Å². The summed E-state index contributed by atoms with van der Waals surface area (Å²) in [6.45, 7) is 7.05. The number of methoxy groups -OCH3 is 1. The van der Waals surface area contributed by atoms with Crippen LogP contribution in [-0.4, -0.2) is 29.5 Å². The highest BCUT2D eigenvalue weighted by Gasteiger charge is 2.33. The third kappa shape index (κ3) is 2.47. The second-order valence-corrected chi connectivity index (χ2v) is 5.08. The van der Waals surface area contributed by atoms with Gasteiger partial charge in [0.15, 0.2) is 0 Å². The van der Waals surface area contributed by atoms with Gasteiger partial charge in [-0.25, -0.2) is 0 Å². The Morgan fingerprint density at radius 1 is 1.62 bits per heavy atom. The number of rotatable bonds is 5. The van der Waals surface area contributed by atoms with E-state index in [2.05, 4.69) is 47.1 Å². The summed E-state index contributed by atoms with van der Waals surface area (Å²) in [5.74, 6) is 0. The Balaban J connectivity index is 3.17. The fraction of sp³-hybridized carbons (Fsp3) is 0.727. The van der Waals surface area contributed by atoms with Crippen LogP contribution in [0.1, 0.15) is 32.5 Å². The van der Waals surface area contributed by atoms with Crippen molar-refractivity contribution < 1.29 is 4.74 Å². The van der Waals surface area contributed by atoms with Crippen LogP contribution in [0.4, 0.5) is 0 Å². The van der Waals surface area contributed by atoms with Crippen LogP contribution >= 0.6 is 15.9 Å². The zero-order valence-corrected chi connectivity index (χ0v) is 12.1. The second-order valence-electron chi connectivity index (χ2n) is 4.22. The molecule has 1 aromatic heterocycles. The highest BCUT2D eigenvalue weighted by Crippen LogP contribution is 2.32. The fourth-order valence-corrected chi connectivity index (χ4v) is 2.37. The van der Waals surface area contributed by atoms with Gasteiger partial charge in [0.05, 0.1) is 28.0 Å². The van der Waals surface area contributed by atoms with E-state index in [1.807, 2.05) is 17.9 Å². The van der Waals surface area contributed by atoms with Crippen LogP contribution in [0.5, 0.6) is 0 Å². The Kier molecular flexibility index (Phi) is 4.52. The van der Waals surface area contributed by atoms with Crippen molar-refractivity contribution in [3.8, 4) is 0 Å². The molecule has 92 valence electrons. The van der Waals surface area contributed by atoms with Crippen LogP contribution in [0.2, 0.25) is 0 Å². The monoisotopic (exact) mass is 289 g/mol. The van der Waals surface area contributed by atoms with Gasteiger partial charge in [-0.2, -0.15) is 5.10 Å². The number of nitrogens with zero attached hydrogens (tertiary/aromatic N) is 2. The minimum absolute atomic E-state index is 0.0920. The highest BCUT2D eigenvalue weighted by molar-refractivity contribution is 9.10. The molecule has 0 aliphatic heterocycles. The number of aryl methyl sites for hydroxylation is 1. The normalized spacial score (nSPS) is 14.1. The van der Waals surface area contributed by atoms with Gasteiger partial charge in [0.2, 0.25) is 0 Å². The van der Waals surface area contributed by atoms with Gasteiger partial charge in [0.1, 0.15) is 0 Å². The molecule has 1 N–H and O–H groups in total. The van der Waals surface area contributed by atoms with E-state index >= 15 is 0 Å². The first-order valence-electron chi connectivity index (χ1n) is 5.41. The van der Waals surface area contributed by atoms with Crippen LogP contribution in [0.25, 0.3) is 0 Å². The summed E-state index contributed by atoms with van der Waals surface area (Å²) in [7, 11) is 3.66. The Morgan fingerprint density at radius 2 is 2.25 bits per heavy atom. The van der Waals surface area contributed by atoms with Crippen molar-refractivity contribution in [2.75, 3.05) is 14.2 Å². The number of hydrogen-bond acceptors (Lipinski definition) is 3. The lowest BCUT2D eigenvalue weighted by molar-refractivity contribution is -0.0115. The van der Waals surface area contributed by atoms with Crippen molar-refractivity contribution in [2.45, 2.75) is 39.0 Å². The summed E-state index contributed by atoms with van der Waals surface area (Å²) in [6, 6.07) is 0.0920. The summed E-state index contributed by atoms with van der Waals surface area (Å²) < 4.78 is 8.54. The number of hydrogen-bond donors (Lipinski definition) is 1. The Hall–Kier alpha value is -0.390. The second kappa shape index (κ2) is 5.29. The van der Waals surface area contributed by atoms with Crippen molar-refractivity contribution in [2.24, 2.45) is 0 Å². The molecule has 0 fully saturated rings. The van der Waals surface area contributed by atoms with Crippen molar-refractivity contribution in [3.05, 3.63) is 16.4 Å². The lowest BCUT2D eigenvalue weighted by atomic mass is 9.95. The van der Waals surface area contributed by atoms with Gasteiger partial charge in [-0.05, 0) is 43.7 Å². The average molecular weight is 290 g/mol. The standard InChI is InChI=1S/C11H20BrN3O/c1-6-15-9(8(12)7-14-15)10(13-4)11(2,3)16-5/h7,10,13H,6H2,1-5H3. The molecule has 1 heterocycles. The highest BCUT2D eigenvalue weighted by atomic mass is 79.9. The van der Waals surface area contributed by atoms with Gasteiger partial charge < -0.3 is 10.1 Å². The molecular formula is C11H20BrN3O. The number of ether oxygens (including phenoxy) is 1. The van der Waals surface area contributed by atoms with Gasteiger partial charge in [-0.1, -0.05) is 0 Å². The van der Waals surface area contributed by atoms with Crippen LogP contribution in [0.15, 0.2) is 10.7 Å². The summed E-state index contributed by atoms with van der Waals surface area (Å²) in [6.07, 6.45) is 1.83. The Labute approximate surface area is 105 Å². The first kappa shape index (κ1) is 13.7. The molecule has 5 heteroatoms. The number of nitrogens with one attached hydrogen (secondary N) is 1. The number of likely N-dealkylation sites (N-methyl/N-ethyl adjacent to an activating group) is 1. The predicted molar refractivity (Wildman–Crippen MR) is 68.5 cm³/mol. The third-order valence-corrected chi connectivity index (χ3v) is 3.53. The summed E-state index contributed by atoms with van der Waals surface area (Å²) in [4.78, 5) is 0. The van der Waals surface area contributed by atoms with E-state index in [0.29, 0.717) is 0 Å². The van der Waals surface area contributed by atoms with Crippen LogP contribution in [0, 0.1) is 0 Å². The van der Waals surface area contributed by atoms with Gasteiger partial charge in [0.25, 0.3) is 0 Å². The molecule has 0 aliphatic carbocycles. The topological polar surface area (TPSA) is 39.1 Å². The van der Waals surface area contributed by atoms with E-state index in [4.69, 9.17) is 4.74 Å². The van der Waals surface area contributed by atoms with E-state index in [1.165, 1.54) is 0 Å². The molecular weight excluding hydrogens is 270 g/mol. The number of aromatic nitrogens is 2. The maximum absolute atomic E-state index is 5.54. The van der Waals surface area contributed by atoms with Gasteiger partial charge >= 0.3 is 0 Å². The van der Waals surface area contributed by atoms with Gasteiger partial charge in [-0.15, -0.1) is 0 Å². The molecule has 1 unspecified atom stereocenters. The third-order valence-electron chi connectivity index (χ3n) is 2.92. The summed E-state index contributed by atoms with van der Waals surface area (Å²) in [5, 5.41) is 7.62. The van der Waals surface area contributed by atoms with Gasteiger partial charge in [0, 0.05) is 13.7 Å². The molecule has 4 nitrogen and oxygen atoms in total. The quantitative estimate of drug-likeness (QED) is 0.904. The van der Waals surface area contributed by atoms with E-state index < -0.39 is 0 Å². The zero-order chi connectivity index (χ0) is 12.3. The first-order valence-corrected chi connectivity index (χ1v) is 6.20. The van der Waals surface area contributed by atoms with Crippen molar-refractivity contribution in [1.29, 1.82) is 0 Å². The molecule has 0 spiro atoms. The Morgan fingerprint density at radius 3 is 2.69 bits per heavy atom. The summed E-state index contributed by atoms with van der Waals surface area (Å²) in [5.41, 5.74) is 0.835. The zero-order valence-electron chi connectivity index (χ0n) is 10.5. The molecule has 1 atom stereocenters. The van der Waals surface area contributed by atoms with E-state index in [9.17, 15) is 0 Å². The molecule has 1 rings (SSSR count). The number of halogens is 1. The molecule has 0 aliphatic rings. The van der Waals surface area contributed by atoms with E-state index in [0.717, 1.165) is 16.7 Å². The maximum Gasteiger partial charge on any atom is 0.0832 e. The van der Waals surface area contributed by atoms with Crippen LogP contribution < -0.4 is 5.32 Å². The molecule has 1 aromatic rings. The molecule has 0 saturated heterocycles. The minimum atomic E-state index is -0.287. The lowest BCUT2D eigenvalue weighted by Crippen LogP contribution is -2.40. The SMILES string of the molecule is CCn1ncc(Br)c1C(NC)C(C)(C)OC. The van der Waals surface area contributed by atoms with E-state index in [-0.39, 0.29) is 11.6 Å². The molecule has 0 amide bonds. The van der Waals surface area contributed by atoms with Crippen molar-refractivity contribution in [3.63, 3.8) is 0 Å². The van der Waals surface area contributed by atoms with Crippen LogP contribution in [-0.2, 0) is 11.3 Å². The van der Waals surface area contributed by atoms with Crippen molar-refractivity contribution >= 4 is 15.9 Å². The Bertz CT molecular complexity index is 349. The molecule has 0 aromatic carbocycles. The molecule has 0 radical (unpaired) electrons. The van der Waals surface area contributed by atoms with Crippen molar-refractivity contribution in [1.82, 2.24) is 15.1 Å². The van der Waals surface area contributed by atoms with Crippen LogP contribution in [0.3, 0.4) is 0 Å². The van der Waals surface area contributed by atoms with Gasteiger partial charge in [-0.3, -0.25) is 4.68 Å². The molecule has 0 saturated carbocycles. The fourth-order valence-electron chi connectivity index (χ4n) is 1.84. The smallest absolute Gasteiger partial charge is 0.0832 e.